The number of hydrogen-bond acceptors (Lipinski definition) is 5. The quantitative estimate of drug-likeness (QED) is 0.423. The van der Waals surface area contributed by atoms with E-state index in [1.165, 1.54) is 12.1 Å². The molecule has 0 fully saturated rings. The summed E-state index contributed by atoms with van der Waals surface area (Å²) in [7, 11) is 0. The minimum absolute atomic E-state index is 0.0313. The number of benzene rings is 1. The Balaban J connectivity index is 2.97. The Hall–Kier alpha value is -2.70. The van der Waals surface area contributed by atoms with Gasteiger partial charge < -0.3 is 10.1 Å². The highest BCUT2D eigenvalue weighted by Crippen LogP contribution is 2.23. The number of nitro groups is 1. The van der Waals surface area contributed by atoms with Crippen LogP contribution >= 0.6 is 0 Å². The first kappa shape index (κ1) is 10.8. The normalized spacial score (nSPS) is 10.4. The Morgan fingerprint density at radius 1 is 1.24 bits per heavy atom. The van der Waals surface area contributed by atoms with Crippen LogP contribution in [0.2, 0.25) is 0 Å². The molecular weight excluding hydrogens is 228 g/mol. The van der Waals surface area contributed by atoms with Crippen LogP contribution in [0.15, 0.2) is 33.9 Å². The number of nitro benzene ring substituents is 1. The molecule has 0 amide bonds. The topological polar surface area (TPSA) is 113 Å². The first-order valence-corrected chi connectivity index (χ1v) is 4.54. The van der Waals surface area contributed by atoms with Gasteiger partial charge in [0.1, 0.15) is 5.75 Å². The molecule has 0 aliphatic carbocycles. The van der Waals surface area contributed by atoms with E-state index in [2.05, 4.69) is 4.98 Å². The Kier molecular flexibility index (Phi) is 2.36. The predicted molar refractivity (Wildman–Crippen MR) is 59.2 cm³/mol. The van der Waals surface area contributed by atoms with Gasteiger partial charge in [0.05, 0.1) is 10.4 Å². The molecule has 0 saturated heterocycles. The highest BCUT2D eigenvalue weighted by molar-refractivity contribution is 5.85. The minimum Gasteiger partial charge on any atom is -0.507 e. The summed E-state index contributed by atoms with van der Waals surface area (Å²) in [6.45, 7) is 0. The van der Waals surface area contributed by atoms with Crippen molar-refractivity contribution in [3.05, 3.63) is 55.0 Å². The average Bonchev–Trinajstić information content (AvgIpc) is 2.37. The van der Waals surface area contributed by atoms with Crippen LogP contribution in [0.1, 0.15) is 0 Å². The molecule has 1 aromatic carbocycles. The number of H-pyrrole nitrogens is 1. The number of fused-ring (bicyclic) bond motifs is 1. The lowest BCUT2D eigenvalue weighted by molar-refractivity contribution is -0.384. The summed E-state index contributed by atoms with van der Waals surface area (Å²) in [5, 5.41) is 20.2. The SMILES string of the molecule is O=c1cc(O)c2ccc([N+](=O)[O-])cc2[nH]c1=O. The summed E-state index contributed by atoms with van der Waals surface area (Å²) in [6.07, 6.45) is 0. The van der Waals surface area contributed by atoms with Crippen molar-refractivity contribution >= 4 is 16.6 Å². The van der Waals surface area contributed by atoms with Crippen molar-refractivity contribution in [2.45, 2.75) is 0 Å². The lowest BCUT2D eigenvalue weighted by atomic mass is 10.2. The molecule has 2 rings (SSSR count). The van der Waals surface area contributed by atoms with Gasteiger partial charge in [0.25, 0.3) is 11.2 Å². The highest BCUT2D eigenvalue weighted by atomic mass is 16.6. The summed E-state index contributed by atoms with van der Waals surface area (Å²) in [5.74, 6) is -0.404. The van der Waals surface area contributed by atoms with Crippen molar-refractivity contribution in [1.82, 2.24) is 4.98 Å². The molecule has 7 heteroatoms. The van der Waals surface area contributed by atoms with Crippen molar-refractivity contribution in [3.63, 3.8) is 0 Å². The maximum absolute atomic E-state index is 11.2. The zero-order valence-corrected chi connectivity index (χ0v) is 8.34. The largest absolute Gasteiger partial charge is 0.507 e. The number of aromatic nitrogens is 1. The maximum atomic E-state index is 11.2. The van der Waals surface area contributed by atoms with Gasteiger partial charge in [-0.05, 0) is 6.07 Å². The van der Waals surface area contributed by atoms with Crippen LogP contribution < -0.4 is 11.0 Å². The monoisotopic (exact) mass is 234 g/mol. The second-order valence-electron chi connectivity index (χ2n) is 3.33. The fourth-order valence-corrected chi connectivity index (χ4v) is 1.42. The Morgan fingerprint density at radius 2 is 1.94 bits per heavy atom. The smallest absolute Gasteiger partial charge is 0.296 e. The molecule has 2 aromatic rings. The van der Waals surface area contributed by atoms with Gasteiger partial charge in [-0.2, -0.15) is 0 Å². The first-order chi connectivity index (χ1) is 7.99. The van der Waals surface area contributed by atoms with E-state index in [9.17, 15) is 24.8 Å². The molecule has 0 atom stereocenters. The molecule has 17 heavy (non-hydrogen) atoms. The Labute approximate surface area is 93.1 Å². The molecule has 1 heterocycles. The summed E-state index contributed by atoms with van der Waals surface area (Å²) in [4.78, 5) is 34.4. The van der Waals surface area contributed by atoms with Crippen LogP contribution in [-0.2, 0) is 0 Å². The van der Waals surface area contributed by atoms with Crippen molar-refractivity contribution < 1.29 is 10.0 Å². The van der Waals surface area contributed by atoms with Gasteiger partial charge in [-0.1, -0.05) is 0 Å². The molecule has 0 radical (unpaired) electrons. The minimum atomic E-state index is -0.948. The van der Waals surface area contributed by atoms with Gasteiger partial charge in [0.15, 0.2) is 0 Å². The summed E-state index contributed by atoms with van der Waals surface area (Å²) in [6, 6.07) is 4.28. The molecule has 7 nitrogen and oxygen atoms in total. The summed E-state index contributed by atoms with van der Waals surface area (Å²) in [5.41, 5.74) is -2.08. The molecule has 0 aliphatic heterocycles. The van der Waals surface area contributed by atoms with Crippen LogP contribution in [0.25, 0.3) is 10.9 Å². The molecule has 0 aliphatic rings. The standard InChI is InChI=1S/C10H6N2O5/c13-8-4-9(14)10(15)11-7-3-5(12(16)17)1-2-6(7)8/h1-4,13H,(H,11,14,15). The fraction of sp³-hybridized carbons (Fsp3) is 0. The second-order valence-corrected chi connectivity index (χ2v) is 3.33. The zero-order valence-electron chi connectivity index (χ0n) is 8.34. The lowest BCUT2D eigenvalue weighted by Gasteiger charge is -1.95. The van der Waals surface area contributed by atoms with Crippen LogP contribution in [0.3, 0.4) is 0 Å². The molecule has 0 saturated carbocycles. The highest BCUT2D eigenvalue weighted by Gasteiger charge is 2.09. The number of aromatic hydroxyl groups is 1. The van der Waals surface area contributed by atoms with Crippen molar-refractivity contribution in [2.24, 2.45) is 0 Å². The third-order valence-electron chi connectivity index (χ3n) is 2.23. The summed E-state index contributed by atoms with van der Waals surface area (Å²) >= 11 is 0. The number of hydrogen-bond donors (Lipinski definition) is 2. The van der Waals surface area contributed by atoms with E-state index < -0.39 is 21.7 Å². The molecule has 2 N–H and O–H groups in total. The number of rotatable bonds is 1. The average molecular weight is 234 g/mol. The van der Waals surface area contributed by atoms with E-state index in [4.69, 9.17) is 0 Å². The fourth-order valence-electron chi connectivity index (χ4n) is 1.42. The van der Waals surface area contributed by atoms with E-state index in [0.29, 0.717) is 0 Å². The van der Waals surface area contributed by atoms with Crippen LogP contribution in [-0.4, -0.2) is 15.0 Å². The van der Waals surface area contributed by atoms with E-state index in [1.807, 2.05) is 0 Å². The van der Waals surface area contributed by atoms with Gasteiger partial charge in [-0.3, -0.25) is 19.7 Å². The van der Waals surface area contributed by atoms with E-state index >= 15 is 0 Å². The van der Waals surface area contributed by atoms with Gasteiger partial charge in [-0.15, -0.1) is 0 Å². The Bertz CT molecular complexity index is 735. The third-order valence-corrected chi connectivity index (χ3v) is 2.23. The van der Waals surface area contributed by atoms with Gasteiger partial charge in [0.2, 0.25) is 5.43 Å². The number of nitrogens with one attached hydrogen (secondary N) is 1. The van der Waals surface area contributed by atoms with E-state index in [-0.39, 0.29) is 16.6 Å². The van der Waals surface area contributed by atoms with Crippen LogP contribution in [0.5, 0.6) is 5.75 Å². The maximum Gasteiger partial charge on any atom is 0.296 e. The molecule has 0 bridgehead atoms. The number of nitrogens with zero attached hydrogens (tertiary/aromatic N) is 1. The third kappa shape index (κ3) is 1.85. The molecule has 0 spiro atoms. The van der Waals surface area contributed by atoms with Gasteiger partial charge >= 0.3 is 0 Å². The molecular formula is C10H6N2O5. The second kappa shape index (κ2) is 3.71. The number of aromatic amines is 1. The van der Waals surface area contributed by atoms with Gasteiger partial charge in [0, 0.05) is 23.6 Å². The molecule has 0 unspecified atom stereocenters. The van der Waals surface area contributed by atoms with E-state index in [0.717, 1.165) is 12.1 Å². The zero-order chi connectivity index (χ0) is 12.6. The van der Waals surface area contributed by atoms with Crippen molar-refractivity contribution in [2.75, 3.05) is 0 Å². The van der Waals surface area contributed by atoms with Crippen LogP contribution in [0.4, 0.5) is 5.69 Å². The summed E-state index contributed by atoms with van der Waals surface area (Å²) < 4.78 is 0. The van der Waals surface area contributed by atoms with Crippen LogP contribution in [0, 0.1) is 10.1 Å². The van der Waals surface area contributed by atoms with Crippen molar-refractivity contribution in [3.8, 4) is 5.75 Å². The molecule has 1 aromatic heterocycles. The number of non-ortho nitro benzene ring substituents is 1. The van der Waals surface area contributed by atoms with E-state index in [1.54, 1.807) is 0 Å². The van der Waals surface area contributed by atoms with Gasteiger partial charge in [-0.25, -0.2) is 0 Å². The first-order valence-electron chi connectivity index (χ1n) is 4.54. The predicted octanol–water partition coefficient (Wildman–Crippen LogP) is 0.502. The lowest BCUT2D eigenvalue weighted by Crippen LogP contribution is -2.22. The Morgan fingerprint density at radius 3 is 2.59 bits per heavy atom. The van der Waals surface area contributed by atoms with Crippen molar-refractivity contribution in [1.29, 1.82) is 0 Å². The molecule has 86 valence electrons.